The smallest absolute Gasteiger partial charge is 0.327 e. The summed E-state index contributed by atoms with van der Waals surface area (Å²) in [6.07, 6.45) is 0.202. The third-order valence-corrected chi connectivity index (χ3v) is 9.34. The number of aliphatic carboxylic acids is 1. The Balaban J connectivity index is 0.000000173. The molecule has 2 aliphatic heterocycles. The molecule has 6 rings (SSSR count). The third-order valence-electron chi connectivity index (χ3n) is 7.52. The number of β-lactam (4-membered cyclic amide) rings is 1. The van der Waals surface area contributed by atoms with Gasteiger partial charge in [-0.15, -0.1) is 11.8 Å². The molecule has 224 valence electrons. The number of nitrogens with zero attached hydrogens (tertiary/aromatic N) is 3. The van der Waals surface area contributed by atoms with Crippen LogP contribution in [-0.2, 0) is 33.9 Å². The van der Waals surface area contributed by atoms with Gasteiger partial charge >= 0.3 is 5.97 Å². The number of nitrogens with one attached hydrogen (secondary N) is 2. The number of amides is 2. The Morgan fingerprint density at radius 1 is 1.00 bits per heavy atom. The average molecular weight is 620 g/mol. The molecule has 9 nitrogen and oxygen atoms in total. The molecule has 43 heavy (non-hydrogen) atoms. The lowest BCUT2D eigenvalue weighted by atomic mass is 9.96. The largest absolute Gasteiger partial charge is 0.480 e. The van der Waals surface area contributed by atoms with Crippen molar-refractivity contribution in [2.45, 2.75) is 55.6 Å². The van der Waals surface area contributed by atoms with Crippen molar-refractivity contribution in [3.8, 4) is 0 Å². The Morgan fingerprint density at radius 3 is 2.35 bits per heavy atom. The highest BCUT2D eigenvalue weighted by Crippen LogP contribution is 2.50. The molecule has 0 spiro atoms. The van der Waals surface area contributed by atoms with Crippen molar-refractivity contribution in [3.63, 3.8) is 0 Å². The summed E-state index contributed by atoms with van der Waals surface area (Å²) < 4.78 is 1.67. The predicted molar refractivity (Wildman–Crippen MR) is 169 cm³/mol. The van der Waals surface area contributed by atoms with Gasteiger partial charge in [0.15, 0.2) is 0 Å². The molecule has 3 heterocycles. The van der Waals surface area contributed by atoms with Crippen LogP contribution in [0.2, 0.25) is 5.02 Å². The molecule has 2 aliphatic rings. The number of carboxylic acids is 1. The zero-order valence-electron chi connectivity index (χ0n) is 24.2. The number of carbonyl (C=O) groups excluding carboxylic acids is 2. The van der Waals surface area contributed by atoms with Crippen LogP contribution in [0.3, 0.4) is 0 Å². The van der Waals surface area contributed by atoms with Crippen molar-refractivity contribution in [1.29, 1.82) is 0 Å². The summed E-state index contributed by atoms with van der Waals surface area (Å²) in [7, 11) is 1.94. The number of imidazole rings is 1. The van der Waals surface area contributed by atoms with Crippen molar-refractivity contribution < 1.29 is 19.5 Å². The molecule has 1 aromatic heterocycles. The molecule has 2 amide bonds. The fourth-order valence-electron chi connectivity index (χ4n) is 5.52. The number of thioether (sulfide) groups is 1. The van der Waals surface area contributed by atoms with Gasteiger partial charge in [0.1, 0.15) is 23.3 Å². The van der Waals surface area contributed by atoms with Crippen molar-refractivity contribution in [3.05, 3.63) is 101 Å². The maximum absolute atomic E-state index is 12.3. The van der Waals surface area contributed by atoms with E-state index in [0.717, 1.165) is 40.5 Å². The van der Waals surface area contributed by atoms with E-state index in [9.17, 15) is 19.5 Å². The Bertz CT molecular complexity index is 1630. The van der Waals surface area contributed by atoms with Crippen LogP contribution in [-0.4, -0.2) is 66.6 Å². The van der Waals surface area contributed by atoms with Crippen molar-refractivity contribution in [2.24, 2.45) is 0 Å². The van der Waals surface area contributed by atoms with Crippen LogP contribution in [0.1, 0.15) is 30.8 Å². The molecule has 0 saturated carbocycles. The van der Waals surface area contributed by atoms with Gasteiger partial charge in [0, 0.05) is 16.3 Å². The summed E-state index contributed by atoms with van der Waals surface area (Å²) in [5, 5.41) is 15.7. The standard InChI is InChI=1S/C16H16ClN3.C16H18N2O4S/c1-18-10-16-19-14-4-2-3-5-15(14)20(16)11-12-6-8-13(17)9-7-12;1-16(2)12(15(21)22)18-13(20)11(14(18)23-16)17-10(19)8-9-6-4-3-5-7-9/h2-9,18H,10-11H2,1H3;3-7,11-12,14H,8H2,1-2H3,(H,17,19)(H,21,22)/t;11-,12+,14-/m.1/s1. The van der Waals surface area contributed by atoms with Crippen LogP contribution < -0.4 is 10.6 Å². The second-order valence-electron chi connectivity index (χ2n) is 11.1. The zero-order chi connectivity index (χ0) is 30.7. The van der Waals surface area contributed by atoms with Gasteiger partial charge in [-0.1, -0.05) is 66.2 Å². The lowest BCUT2D eigenvalue weighted by Gasteiger charge is -2.43. The van der Waals surface area contributed by atoms with Crippen molar-refractivity contribution in [1.82, 2.24) is 25.1 Å². The number of carboxylic acid groups (broad SMARTS) is 1. The van der Waals surface area contributed by atoms with Crippen LogP contribution in [0, 0.1) is 0 Å². The van der Waals surface area contributed by atoms with Gasteiger partial charge < -0.3 is 25.2 Å². The topological polar surface area (TPSA) is 117 Å². The number of aromatic nitrogens is 2. The zero-order valence-corrected chi connectivity index (χ0v) is 25.7. The Labute approximate surface area is 259 Å². The highest BCUT2D eigenvalue weighted by molar-refractivity contribution is 8.01. The molecule has 3 atom stereocenters. The molecular weight excluding hydrogens is 586 g/mol. The Morgan fingerprint density at radius 2 is 1.67 bits per heavy atom. The summed E-state index contributed by atoms with van der Waals surface area (Å²) in [5.41, 5.74) is 4.28. The minimum Gasteiger partial charge on any atom is -0.480 e. The van der Waals surface area contributed by atoms with E-state index in [4.69, 9.17) is 16.6 Å². The molecule has 4 aromatic rings. The number of halogens is 1. The van der Waals surface area contributed by atoms with Gasteiger partial charge in [-0.2, -0.15) is 0 Å². The van der Waals surface area contributed by atoms with Crippen LogP contribution >= 0.6 is 23.4 Å². The molecular formula is C32H34ClN5O4S. The summed E-state index contributed by atoms with van der Waals surface area (Å²) in [6.45, 7) is 5.17. The van der Waals surface area contributed by atoms with E-state index in [1.807, 2.05) is 81.6 Å². The number of para-hydroxylation sites is 2. The summed E-state index contributed by atoms with van der Waals surface area (Å²) in [4.78, 5) is 41.9. The maximum Gasteiger partial charge on any atom is 0.327 e. The van der Waals surface area contributed by atoms with Crippen molar-refractivity contribution >= 4 is 52.2 Å². The van der Waals surface area contributed by atoms with E-state index in [1.165, 1.54) is 22.2 Å². The Kier molecular flexibility index (Phi) is 9.10. The van der Waals surface area contributed by atoms with Crippen LogP contribution in [0.15, 0.2) is 78.9 Å². The second kappa shape index (κ2) is 12.8. The maximum atomic E-state index is 12.3. The first-order chi connectivity index (χ1) is 20.6. The quantitative estimate of drug-likeness (QED) is 0.252. The number of hydrogen-bond acceptors (Lipinski definition) is 6. The normalized spacial score (nSPS) is 20.1. The predicted octanol–water partition coefficient (Wildman–Crippen LogP) is 4.32. The number of benzene rings is 3. The highest BCUT2D eigenvalue weighted by atomic mass is 35.5. The fraction of sp³-hybridized carbons (Fsp3) is 0.312. The molecule has 3 aromatic carbocycles. The van der Waals surface area contributed by atoms with E-state index in [2.05, 4.69) is 33.4 Å². The molecule has 0 aliphatic carbocycles. The Hall–Kier alpha value is -3.86. The molecule has 0 unspecified atom stereocenters. The van der Waals surface area contributed by atoms with Crippen LogP contribution in [0.5, 0.6) is 0 Å². The molecule has 0 bridgehead atoms. The van der Waals surface area contributed by atoms with E-state index in [1.54, 1.807) is 0 Å². The van der Waals surface area contributed by atoms with Crippen LogP contribution in [0.4, 0.5) is 0 Å². The minimum absolute atomic E-state index is 0.202. The molecule has 0 radical (unpaired) electrons. The second-order valence-corrected chi connectivity index (χ2v) is 13.3. The SMILES string of the molecule is CC1(C)S[C@@H]2[C@H](NC(=O)Cc3ccccc3)C(=O)N2[C@H]1C(=O)O.CNCc1nc2ccccc2n1Cc1ccc(Cl)cc1. The highest BCUT2D eigenvalue weighted by Gasteiger charge is 2.64. The number of carbonyl (C=O) groups is 3. The van der Waals surface area contributed by atoms with E-state index in [-0.39, 0.29) is 23.6 Å². The molecule has 11 heteroatoms. The first-order valence-corrected chi connectivity index (χ1v) is 15.2. The summed E-state index contributed by atoms with van der Waals surface area (Å²) >= 11 is 7.36. The summed E-state index contributed by atoms with van der Waals surface area (Å²) in [5.74, 6) is -0.510. The average Bonchev–Trinajstić information content (AvgIpc) is 3.45. The molecule has 3 N–H and O–H groups in total. The lowest BCUT2D eigenvalue weighted by Crippen LogP contribution is -2.70. The summed E-state index contributed by atoms with van der Waals surface area (Å²) in [6, 6.07) is 24.0. The van der Waals surface area contributed by atoms with E-state index in [0.29, 0.717) is 0 Å². The first kappa shape index (κ1) is 30.6. The van der Waals surface area contributed by atoms with Crippen LogP contribution in [0.25, 0.3) is 11.0 Å². The monoisotopic (exact) mass is 619 g/mol. The number of hydrogen-bond donors (Lipinski definition) is 3. The third kappa shape index (κ3) is 6.56. The molecule has 2 fully saturated rings. The van der Waals surface area contributed by atoms with Crippen molar-refractivity contribution in [2.75, 3.05) is 7.05 Å². The van der Waals surface area contributed by atoms with Gasteiger partial charge in [-0.25, -0.2) is 9.78 Å². The first-order valence-electron chi connectivity index (χ1n) is 14.0. The lowest BCUT2D eigenvalue weighted by molar-refractivity contribution is -0.161. The number of fused-ring (bicyclic) bond motifs is 2. The fourth-order valence-corrected chi connectivity index (χ4v) is 7.27. The van der Waals surface area contributed by atoms with E-state index >= 15 is 0 Å². The van der Waals surface area contributed by atoms with Gasteiger partial charge in [0.25, 0.3) is 0 Å². The van der Waals surface area contributed by atoms with Gasteiger partial charge in [-0.3, -0.25) is 9.59 Å². The minimum atomic E-state index is -1.01. The van der Waals surface area contributed by atoms with Gasteiger partial charge in [-0.05, 0) is 56.3 Å². The number of rotatable bonds is 8. The van der Waals surface area contributed by atoms with E-state index < -0.39 is 22.8 Å². The van der Waals surface area contributed by atoms with Gasteiger partial charge in [0.05, 0.1) is 24.0 Å². The van der Waals surface area contributed by atoms with Gasteiger partial charge in [0.2, 0.25) is 11.8 Å². The molecule has 2 saturated heterocycles.